The fraction of sp³-hybridized carbons (Fsp3) is 0.700. The Morgan fingerprint density at radius 1 is 0.880 bits per heavy atom. The molecule has 1 aliphatic rings. The van der Waals surface area contributed by atoms with E-state index in [4.69, 9.17) is 4.74 Å². The summed E-state index contributed by atoms with van der Waals surface area (Å²) in [7, 11) is 0. The first-order valence-electron chi connectivity index (χ1n) is 9.48. The topological polar surface area (TPSA) is 90.2 Å². The second-order valence-electron chi connectivity index (χ2n) is 6.97. The summed E-state index contributed by atoms with van der Waals surface area (Å²) in [6, 6.07) is 7.74. The number of unbranched alkanes of at least 4 members (excludes halogenated alkanes) is 5. The van der Waals surface area contributed by atoms with Crippen molar-refractivity contribution in [1.82, 2.24) is 0 Å². The summed E-state index contributed by atoms with van der Waals surface area (Å²) in [5, 5.41) is 39.7. The molecular weight excluding hydrogens is 320 g/mol. The van der Waals surface area contributed by atoms with Crippen molar-refractivity contribution in [2.45, 2.75) is 82.4 Å². The molecule has 0 aliphatic carbocycles. The zero-order valence-electron chi connectivity index (χ0n) is 15.1. The van der Waals surface area contributed by atoms with Gasteiger partial charge in [0.25, 0.3) is 0 Å². The lowest BCUT2D eigenvalue weighted by Gasteiger charge is -2.40. The van der Waals surface area contributed by atoms with Gasteiger partial charge in [0.1, 0.15) is 30.5 Å². The zero-order valence-corrected chi connectivity index (χ0v) is 15.1. The van der Waals surface area contributed by atoms with E-state index in [1.807, 2.05) is 24.3 Å². The van der Waals surface area contributed by atoms with Crippen LogP contribution in [-0.2, 0) is 11.2 Å². The number of ether oxygens (including phenoxy) is 1. The lowest BCUT2D eigenvalue weighted by atomic mass is 9.88. The van der Waals surface area contributed by atoms with Crippen LogP contribution < -0.4 is 0 Å². The summed E-state index contributed by atoms with van der Waals surface area (Å²) >= 11 is 0. The van der Waals surface area contributed by atoms with Crippen molar-refractivity contribution in [3.8, 4) is 0 Å². The van der Waals surface area contributed by atoms with Crippen molar-refractivity contribution in [1.29, 1.82) is 0 Å². The third-order valence-corrected chi connectivity index (χ3v) is 5.05. The minimum Gasteiger partial charge on any atom is -0.394 e. The predicted octanol–water partition coefficient (Wildman–Crippen LogP) is 2.10. The van der Waals surface area contributed by atoms with Gasteiger partial charge >= 0.3 is 0 Å². The SMILES string of the molecule is CCCCCCCCc1ccccc1C1O[C@H](CO)[C@@H](O)[C@H](O)[C@H]1O. The molecule has 1 saturated heterocycles. The smallest absolute Gasteiger partial charge is 0.113 e. The predicted molar refractivity (Wildman–Crippen MR) is 96.2 cm³/mol. The number of hydrogen-bond donors (Lipinski definition) is 4. The van der Waals surface area contributed by atoms with E-state index in [0.29, 0.717) is 0 Å². The van der Waals surface area contributed by atoms with Gasteiger partial charge in [-0.1, -0.05) is 63.3 Å². The normalized spacial score (nSPS) is 29.7. The molecule has 0 aromatic heterocycles. The van der Waals surface area contributed by atoms with Crippen LogP contribution in [0.1, 0.15) is 62.7 Å². The van der Waals surface area contributed by atoms with E-state index < -0.39 is 37.1 Å². The molecule has 1 unspecified atom stereocenters. The lowest BCUT2D eigenvalue weighted by molar-refractivity contribution is -0.231. The van der Waals surface area contributed by atoms with Gasteiger partial charge in [-0.25, -0.2) is 0 Å². The monoisotopic (exact) mass is 352 g/mol. The standard InChI is InChI=1S/C20H32O5/c1-2-3-4-5-6-7-10-14-11-8-9-12-15(14)20-19(24)18(23)17(22)16(13-21)25-20/h8-9,11-12,16-24H,2-7,10,13H2,1H3/t16-,17-,18+,19-,20?/m1/s1. The van der Waals surface area contributed by atoms with Crippen molar-refractivity contribution >= 4 is 0 Å². The van der Waals surface area contributed by atoms with Gasteiger partial charge < -0.3 is 25.2 Å². The van der Waals surface area contributed by atoms with Crippen LogP contribution in [0.2, 0.25) is 0 Å². The van der Waals surface area contributed by atoms with Crippen molar-refractivity contribution in [3.05, 3.63) is 35.4 Å². The molecule has 1 aromatic carbocycles. The fourth-order valence-corrected chi connectivity index (χ4v) is 3.49. The van der Waals surface area contributed by atoms with Crippen molar-refractivity contribution < 1.29 is 25.2 Å². The highest BCUT2D eigenvalue weighted by molar-refractivity contribution is 5.31. The highest BCUT2D eigenvalue weighted by Crippen LogP contribution is 2.34. The number of aryl methyl sites for hydroxylation is 1. The van der Waals surface area contributed by atoms with Crippen molar-refractivity contribution in [2.75, 3.05) is 6.61 Å². The maximum atomic E-state index is 10.4. The highest BCUT2D eigenvalue weighted by Gasteiger charge is 2.44. The quantitative estimate of drug-likeness (QED) is 0.511. The van der Waals surface area contributed by atoms with Crippen LogP contribution in [0.4, 0.5) is 0 Å². The summed E-state index contributed by atoms with van der Waals surface area (Å²) in [6.45, 7) is 1.80. The van der Waals surface area contributed by atoms with Gasteiger partial charge in [0.05, 0.1) is 6.61 Å². The zero-order chi connectivity index (χ0) is 18.2. The van der Waals surface area contributed by atoms with Gasteiger partial charge in [0.15, 0.2) is 0 Å². The lowest BCUT2D eigenvalue weighted by Crippen LogP contribution is -2.55. The van der Waals surface area contributed by atoms with E-state index in [9.17, 15) is 20.4 Å². The number of rotatable bonds is 9. The van der Waals surface area contributed by atoms with Crippen LogP contribution in [0.25, 0.3) is 0 Å². The molecule has 1 aromatic rings. The Morgan fingerprint density at radius 3 is 2.28 bits per heavy atom. The Bertz CT molecular complexity index is 505. The Labute approximate surface area is 150 Å². The van der Waals surface area contributed by atoms with E-state index in [1.54, 1.807) is 0 Å². The molecule has 2 rings (SSSR count). The summed E-state index contributed by atoms with van der Waals surface area (Å²) in [4.78, 5) is 0. The molecule has 0 saturated carbocycles. The van der Waals surface area contributed by atoms with E-state index >= 15 is 0 Å². The molecule has 25 heavy (non-hydrogen) atoms. The molecule has 4 N–H and O–H groups in total. The summed E-state index contributed by atoms with van der Waals surface area (Å²) in [5.41, 5.74) is 1.91. The van der Waals surface area contributed by atoms with E-state index in [2.05, 4.69) is 6.92 Å². The molecule has 0 spiro atoms. The Kier molecular flexibility index (Phi) is 8.33. The molecule has 0 radical (unpaired) electrons. The van der Waals surface area contributed by atoms with Crippen molar-refractivity contribution in [2.24, 2.45) is 0 Å². The van der Waals surface area contributed by atoms with Crippen LogP contribution in [-0.4, -0.2) is 51.4 Å². The van der Waals surface area contributed by atoms with Gasteiger partial charge in [-0.2, -0.15) is 0 Å². The first-order chi connectivity index (χ1) is 12.1. The largest absolute Gasteiger partial charge is 0.394 e. The molecule has 1 heterocycles. The molecular formula is C20H32O5. The third kappa shape index (κ3) is 5.25. The van der Waals surface area contributed by atoms with Gasteiger partial charge in [0, 0.05) is 0 Å². The molecule has 5 atom stereocenters. The minimum absolute atomic E-state index is 0.402. The number of aliphatic hydroxyl groups is 4. The molecule has 1 fully saturated rings. The summed E-state index contributed by atoms with van der Waals surface area (Å²) in [5.74, 6) is 0. The number of benzene rings is 1. The average Bonchev–Trinajstić information content (AvgIpc) is 2.63. The Hall–Kier alpha value is -0.980. The van der Waals surface area contributed by atoms with Crippen LogP contribution in [0, 0.1) is 0 Å². The highest BCUT2D eigenvalue weighted by atomic mass is 16.5. The Morgan fingerprint density at radius 2 is 1.56 bits per heavy atom. The molecule has 1 aliphatic heterocycles. The van der Waals surface area contributed by atoms with E-state index in [-0.39, 0.29) is 0 Å². The van der Waals surface area contributed by atoms with Crippen LogP contribution >= 0.6 is 0 Å². The summed E-state index contributed by atoms with van der Waals surface area (Å²) < 4.78 is 5.71. The molecule has 5 nitrogen and oxygen atoms in total. The first kappa shape index (κ1) is 20.3. The maximum Gasteiger partial charge on any atom is 0.113 e. The van der Waals surface area contributed by atoms with Crippen LogP contribution in [0.5, 0.6) is 0 Å². The first-order valence-corrected chi connectivity index (χ1v) is 9.48. The van der Waals surface area contributed by atoms with Gasteiger partial charge in [0.2, 0.25) is 0 Å². The van der Waals surface area contributed by atoms with E-state index in [1.165, 1.54) is 32.1 Å². The minimum atomic E-state index is -1.34. The summed E-state index contributed by atoms with van der Waals surface area (Å²) in [6.07, 6.45) is 2.65. The molecule has 0 bridgehead atoms. The van der Waals surface area contributed by atoms with Crippen LogP contribution in [0.15, 0.2) is 24.3 Å². The van der Waals surface area contributed by atoms with E-state index in [0.717, 1.165) is 24.0 Å². The second-order valence-corrected chi connectivity index (χ2v) is 6.97. The van der Waals surface area contributed by atoms with Gasteiger partial charge in [-0.05, 0) is 24.0 Å². The molecule has 142 valence electrons. The molecule has 0 amide bonds. The van der Waals surface area contributed by atoms with Crippen molar-refractivity contribution in [3.63, 3.8) is 0 Å². The number of hydrogen-bond acceptors (Lipinski definition) is 5. The van der Waals surface area contributed by atoms with Gasteiger partial charge in [-0.3, -0.25) is 0 Å². The number of aliphatic hydroxyl groups excluding tert-OH is 4. The van der Waals surface area contributed by atoms with Gasteiger partial charge in [-0.15, -0.1) is 0 Å². The average molecular weight is 352 g/mol. The van der Waals surface area contributed by atoms with Crippen LogP contribution in [0.3, 0.4) is 0 Å². The Balaban J connectivity index is 2.03. The fourth-order valence-electron chi connectivity index (χ4n) is 3.49. The second kappa shape index (κ2) is 10.2. The maximum absolute atomic E-state index is 10.4. The molecule has 5 heteroatoms. The third-order valence-electron chi connectivity index (χ3n) is 5.05.